The van der Waals surface area contributed by atoms with Gasteiger partial charge in [0.25, 0.3) is 0 Å². The van der Waals surface area contributed by atoms with Crippen LogP contribution in [0.2, 0.25) is 0 Å². The van der Waals surface area contributed by atoms with Crippen molar-refractivity contribution in [3.63, 3.8) is 0 Å². The smallest absolute Gasteiger partial charge is 0.0615 e. The summed E-state index contributed by atoms with van der Waals surface area (Å²) in [5.41, 5.74) is 0.204. The summed E-state index contributed by atoms with van der Waals surface area (Å²) in [6.45, 7) is 12.6. The summed E-state index contributed by atoms with van der Waals surface area (Å²) in [7, 11) is 3.56. The normalized spacial score (nSPS) is 24.8. The van der Waals surface area contributed by atoms with E-state index in [1.807, 2.05) is 0 Å². The highest BCUT2D eigenvalue weighted by Crippen LogP contribution is 2.33. The van der Waals surface area contributed by atoms with Crippen LogP contribution in [0, 0.1) is 5.92 Å². The molecule has 0 amide bonds. The molecule has 0 spiro atoms. The molecule has 4 nitrogen and oxygen atoms in total. The van der Waals surface area contributed by atoms with Crippen molar-refractivity contribution < 1.29 is 9.47 Å². The predicted molar refractivity (Wildman–Crippen MR) is 84.2 cm³/mol. The number of methoxy groups -OCH3 is 2. The van der Waals surface area contributed by atoms with Crippen LogP contribution in [0.3, 0.4) is 0 Å². The fraction of sp³-hybridized carbons (Fsp3) is 1.00. The average Bonchev–Trinajstić information content (AvgIpc) is 2.31. The SMILES string of the molecule is COCCN(C(C)COC)C1CCC1CNC(C)(C)C. The molecule has 1 rings (SSSR count). The molecule has 1 saturated carbocycles. The molecule has 0 saturated heterocycles. The van der Waals surface area contributed by atoms with E-state index in [0.29, 0.717) is 12.1 Å². The number of nitrogens with zero attached hydrogens (tertiary/aromatic N) is 1. The van der Waals surface area contributed by atoms with Gasteiger partial charge in [0, 0.05) is 38.4 Å². The molecule has 0 aromatic rings. The summed E-state index contributed by atoms with van der Waals surface area (Å²) >= 11 is 0. The molecule has 3 atom stereocenters. The molecule has 0 aromatic heterocycles. The molecule has 0 aliphatic heterocycles. The van der Waals surface area contributed by atoms with E-state index in [9.17, 15) is 0 Å². The maximum absolute atomic E-state index is 5.33. The molecule has 4 heteroatoms. The lowest BCUT2D eigenvalue weighted by molar-refractivity contribution is -0.0107. The van der Waals surface area contributed by atoms with Crippen molar-refractivity contribution in [1.82, 2.24) is 10.2 Å². The van der Waals surface area contributed by atoms with Crippen LogP contribution < -0.4 is 5.32 Å². The zero-order valence-corrected chi connectivity index (χ0v) is 14.2. The molecule has 1 aliphatic carbocycles. The first-order chi connectivity index (χ1) is 9.39. The van der Waals surface area contributed by atoms with Crippen molar-refractivity contribution in [3.8, 4) is 0 Å². The lowest BCUT2D eigenvalue weighted by atomic mass is 9.77. The van der Waals surface area contributed by atoms with Crippen molar-refractivity contribution in [1.29, 1.82) is 0 Å². The Balaban J connectivity index is 2.52. The summed E-state index contributed by atoms with van der Waals surface area (Å²) in [4.78, 5) is 2.57. The van der Waals surface area contributed by atoms with Gasteiger partial charge in [0.15, 0.2) is 0 Å². The highest BCUT2D eigenvalue weighted by atomic mass is 16.5. The molecule has 0 aromatic carbocycles. The molecule has 3 unspecified atom stereocenters. The van der Waals surface area contributed by atoms with Crippen LogP contribution in [-0.2, 0) is 9.47 Å². The van der Waals surface area contributed by atoms with Crippen molar-refractivity contribution in [2.24, 2.45) is 5.92 Å². The molecule has 1 aliphatic rings. The van der Waals surface area contributed by atoms with Crippen LogP contribution >= 0.6 is 0 Å². The monoisotopic (exact) mass is 286 g/mol. The molecule has 0 bridgehead atoms. The minimum atomic E-state index is 0.204. The lowest BCUT2D eigenvalue weighted by Crippen LogP contribution is -2.56. The third kappa shape index (κ3) is 5.68. The van der Waals surface area contributed by atoms with Gasteiger partial charge >= 0.3 is 0 Å². The second-order valence-corrected chi connectivity index (χ2v) is 7.07. The van der Waals surface area contributed by atoms with Crippen LogP contribution in [0.1, 0.15) is 40.5 Å². The van der Waals surface area contributed by atoms with Crippen molar-refractivity contribution in [2.45, 2.75) is 58.2 Å². The number of ether oxygens (including phenoxy) is 2. The lowest BCUT2D eigenvalue weighted by Gasteiger charge is -2.47. The van der Waals surface area contributed by atoms with Crippen LogP contribution in [0.5, 0.6) is 0 Å². The van der Waals surface area contributed by atoms with E-state index in [0.717, 1.165) is 32.2 Å². The van der Waals surface area contributed by atoms with Gasteiger partial charge in [-0.25, -0.2) is 0 Å². The van der Waals surface area contributed by atoms with Crippen LogP contribution in [0.4, 0.5) is 0 Å². The van der Waals surface area contributed by atoms with Gasteiger partial charge in [0.2, 0.25) is 0 Å². The number of nitrogens with one attached hydrogen (secondary N) is 1. The zero-order chi connectivity index (χ0) is 15.2. The Kier molecular flexibility index (Phi) is 7.45. The Morgan fingerprint density at radius 1 is 1.20 bits per heavy atom. The summed E-state index contributed by atoms with van der Waals surface area (Å²) in [5.74, 6) is 0.755. The Hall–Kier alpha value is -0.160. The third-order valence-electron chi connectivity index (χ3n) is 4.23. The fourth-order valence-electron chi connectivity index (χ4n) is 2.91. The molecule has 1 N–H and O–H groups in total. The van der Waals surface area contributed by atoms with Crippen molar-refractivity contribution >= 4 is 0 Å². The molecule has 20 heavy (non-hydrogen) atoms. The van der Waals surface area contributed by atoms with E-state index >= 15 is 0 Å². The quantitative estimate of drug-likeness (QED) is 0.704. The molecule has 0 radical (unpaired) electrons. The van der Waals surface area contributed by atoms with Crippen LogP contribution in [-0.4, -0.2) is 63.0 Å². The highest BCUT2D eigenvalue weighted by molar-refractivity contribution is 4.93. The minimum Gasteiger partial charge on any atom is -0.383 e. The minimum absolute atomic E-state index is 0.204. The first-order valence-electron chi connectivity index (χ1n) is 7.87. The van der Waals surface area contributed by atoms with Gasteiger partial charge in [-0.15, -0.1) is 0 Å². The largest absolute Gasteiger partial charge is 0.383 e. The standard InChI is InChI=1S/C16H34N2O2/c1-13(12-20-6)18(9-10-19-5)15-8-7-14(15)11-17-16(2,3)4/h13-15,17H,7-12H2,1-6H3. The summed E-state index contributed by atoms with van der Waals surface area (Å²) < 4.78 is 10.6. The fourth-order valence-corrected chi connectivity index (χ4v) is 2.91. The first-order valence-corrected chi connectivity index (χ1v) is 7.87. The zero-order valence-electron chi connectivity index (χ0n) is 14.2. The number of hydrogen-bond donors (Lipinski definition) is 1. The molecule has 0 heterocycles. The van der Waals surface area contributed by atoms with Crippen molar-refractivity contribution in [2.75, 3.05) is 40.5 Å². The number of hydrogen-bond acceptors (Lipinski definition) is 4. The van der Waals surface area contributed by atoms with E-state index < -0.39 is 0 Å². The van der Waals surface area contributed by atoms with E-state index in [1.165, 1.54) is 12.8 Å². The second-order valence-electron chi connectivity index (χ2n) is 7.07. The molecule has 120 valence electrons. The van der Waals surface area contributed by atoms with E-state index in [1.54, 1.807) is 14.2 Å². The van der Waals surface area contributed by atoms with Crippen LogP contribution in [0.25, 0.3) is 0 Å². The maximum atomic E-state index is 5.33. The third-order valence-corrected chi connectivity index (χ3v) is 4.23. The Labute approximate surface area is 125 Å². The predicted octanol–water partition coefficient (Wildman–Crippen LogP) is 2.14. The van der Waals surface area contributed by atoms with Crippen molar-refractivity contribution in [3.05, 3.63) is 0 Å². The van der Waals surface area contributed by atoms with Gasteiger partial charge in [0.1, 0.15) is 0 Å². The maximum Gasteiger partial charge on any atom is 0.0615 e. The highest BCUT2D eigenvalue weighted by Gasteiger charge is 2.37. The van der Waals surface area contributed by atoms with E-state index in [4.69, 9.17) is 9.47 Å². The molecular weight excluding hydrogens is 252 g/mol. The van der Waals surface area contributed by atoms with E-state index in [2.05, 4.69) is 37.9 Å². The average molecular weight is 286 g/mol. The summed E-state index contributed by atoms with van der Waals surface area (Å²) in [5, 5.41) is 3.65. The van der Waals surface area contributed by atoms with Crippen LogP contribution in [0.15, 0.2) is 0 Å². The van der Waals surface area contributed by atoms with Gasteiger partial charge in [-0.05, 0) is 53.0 Å². The Morgan fingerprint density at radius 2 is 1.90 bits per heavy atom. The Bertz CT molecular complexity index is 266. The topological polar surface area (TPSA) is 33.7 Å². The van der Waals surface area contributed by atoms with Gasteiger partial charge in [-0.1, -0.05) is 0 Å². The Morgan fingerprint density at radius 3 is 2.35 bits per heavy atom. The van der Waals surface area contributed by atoms with E-state index in [-0.39, 0.29) is 5.54 Å². The first kappa shape index (κ1) is 17.9. The number of rotatable bonds is 9. The van der Waals surface area contributed by atoms with Gasteiger partial charge in [-0.2, -0.15) is 0 Å². The van der Waals surface area contributed by atoms with Gasteiger partial charge < -0.3 is 14.8 Å². The van der Waals surface area contributed by atoms with Gasteiger partial charge in [-0.3, -0.25) is 4.90 Å². The second kappa shape index (κ2) is 8.32. The molecule has 1 fully saturated rings. The van der Waals surface area contributed by atoms with Gasteiger partial charge in [0.05, 0.1) is 13.2 Å². The summed E-state index contributed by atoms with van der Waals surface area (Å²) in [6, 6.07) is 1.13. The summed E-state index contributed by atoms with van der Waals surface area (Å²) in [6.07, 6.45) is 2.63. The molecular formula is C16H34N2O2.